The maximum absolute atomic E-state index is 13.5. The molecule has 9 nitrogen and oxygen atoms in total. The van der Waals surface area contributed by atoms with Gasteiger partial charge in [0.2, 0.25) is 17.7 Å². The molecule has 0 aliphatic carbocycles. The first-order valence-electron chi connectivity index (χ1n) is 14.6. The highest BCUT2D eigenvalue weighted by Crippen LogP contribution is 2.21. The molecule has 0 spiro atoms. The van der Waals surface area contributed by atoms with Crippen LogP contribution >= 0.6 is 0 Å². The fourth-order valence-electron chi connectivity index (χ4n) is 5.13. The number of nitrogens with one attached hydrogen (secondary N) is 4. The Balaban J connectivity index is 1.89. The predicted octanol–water partition coefficient (Wildman–Crippen LogP) is 3.47. The van der Waals surface area contributed by atoms with Crippen molar-refractivity contribution in [3.8, 4) is 0 Å². The first-order valence-corrected chi connectivity index (χ1v) is 14.6. The van der Waals surface area contributed by atoms with Gasteiger partial charge in [-0.05, 0) is 75.5 Å². The van der Waals surface area contributed by atoms with Crippen molar-refractivity contribution in [2.45, 2.75) is 97.8 Å². The van der Waals surface area contributed by atoms with Crippen LogP contribution in [-0.4, -0.2) is 52.8 Å². The molecule has 1 fully saturated rings. The zero-order valence-electron chi connectivity index (χ0n) is 25.0. The van der Waals surface area contributed by atoms with Crippen molar-refractivity contribution in [1.29, 1.82) is 0 Å². The molecule has 1 aromatic carbocycles. The van der Waals surface area contributed by atoms with Gasteiger partial charge in [-0.3, -0.25) is 24.2 Å². The van der Waals surface area contributed by atoms with Crippen molar-refractivity contribution >= 4 is 29.7 Å². The third-order valence-electron chi connectivity index (χ3n) is 8.10. The van der Waals surface area contributed by atoms with Crippen molar-refractivity contribution in [2.24, 2.45) is 17.8 Å². The first-order chi connectivity index (χ1) is 18.8. The Kier molecular flexibility index (Phi) is 10.5. The smallest absolute Gasteiger partial charge is 0.261 e. The van der Waals surface area contributed by atoms with Gasteiger partial charge < -0.3 is 16.0 Å². The Bertz CT molecular complexity index is 1110. The second-order valence-electron chi connectivity index (χ2n) is 12.3. The van der Waals surface area contributed by atoms with Crippen molar-refractivity contribution in [3.63, 3.8) is 0 Å². The Morgan fingerprint density at radius 2 is 1.68 bits per heavy atom. The molecular formula is C31H47N5O4. The molecule has 2 aliphatic rings. The molecule has 4 N–H and O–H groups in total. The van der Waals surface area contributed by atoms with Crippen molar-refractivity contribution in [2.75, 3.05) is 6.54 Å². The summed E-state index contributed by atoms with van der Waals surface area (Å²) in [6, 6.07) is 6.49. The summed E-state index contributed by atoms with van der Waals surface area (Å²) in [6.45, 7) is 13.3. The molecule has 2 aliphatic heterocycles. The van der Waals surface area contributed by atoms with Crippen LogP contribution in [0.4, 0.5) is 0 Å². The Hall–Kier alpha value is -3.20. The zero-order chi connectivity index (χ0) is 29.6. The molecular weight excluding hydrogens is 506 g/mol. The van der Waals surface area contributed by atoms with Crippen LogP contribution < -0.4 is 21.4 Å². The van der Waals surface area contributed by atoms with Crippen molar-refractivity contribution in [1.82, 2.24) is 26.4 Å². The average molecular weight is 554 g/mol. The van der Waals surface area contributed by atoms with E-state index in [4.69, 9.17) is 0 Å². The fraction of sp³-hybridized carbons (Fsp3) is 0.613. The summed E-state index contributed by atoms with van der Waals surface area (Å²) in [6.07, 6.45) is 7.05. The lowest BCUT2D eigenvalue weighted by Gasteiger charge is -2.39. The van der Waals surface area contributed by atoms with Crippen LogP contribution in [0.15, 0.2) is 30.3 Å². The molecule has 1 aromatic rings. The van der Waals surface area contributed by atoms with Gasteiger partial charge in [-0.1, -0.05) is 58.0 Å². The molecule has 1 saturated heterocycles. The predicted molar refractivity (Wildman–Crippen MR) is 156 cm³/mol. The summed E-state index contributed by atoms with van der Waals surface area (Å²) < 4.78 is 0. The molecule has 2 heterocycles. The molecule has 5 atom stereocenters. The quantitative estimate of drug-likeness (QED) is 0.425. The number of hydrazine groups is 1. The molecule has 220 valence electrons. The molecule has 40 heavy (non-hydrogen) atoms. The molecule has 3 rings (SSSR count). The Morgan fingerprint density at radius 1 is 0.950 bits per heavy atom. The normalized spacial score (nSPS) is 29.9. The monoisotopic (exact) mass is 553 g/mol. The number of carbonyl (C=O) groups excluding carboxylic acids is 4. The van der Waals surface area contributed by atoms with Gasteiger partial charge in [0.15, 0.2) is 0 Å². The maximum atomic E-state index is 13.5. The van der Waals surface area contributed by atoms with E-state index in [1.165, 1.54) is 5.01 Å². The lowest BCUT2D eigenvalue weighted by Crippen LogP contribution is -2.66. The minimum Gasteiger partial charge on any atom is -0.348 e. The van der Waals surface area contributed by atoms with E-state index in [9.17, 15) is 19.2 Å². The highest BCUT2D eigenvalue weighted by molar-refractivity contribution is 5.94. The topological polar surface area (TPSA) is 120 Å². The molecule has 4 amide bonds. The van der Waals surface area contributed by atoms with E-state index in [0.29, 0.717) is 19.4 Å². The van der Waals surface area contributed by atoms with Crippen LogP contribution in [0.3, 0.4) is 0 Å². The number of nitrogens with zero attached hydrogens (tertiary/aromatic N) is 1. The lowest BCUT2D eigenvalue weighted by molar-refractivity contribution is -0.147. The second kappa shape index (κ2) is 13.4. The van der Waals surface area contributed by atoms with Crippen LogP contribution in [0.5, 0.6) is 0 Å². The SMILES string of the molecule is CC(C)[C@@H]1NC(=O)[C@H](C)C(C)CC/C=C/c2cccc(c2)[C@@H](C)NC(=O)[C@@H]2CCCN(N2)C(=O)C(C)(C)NC1=O. The maximum Gasteiger partial charge on any atom is 0.261 e. The van der Waals surface area contributed by atoms with Gasteiger partial charge in [-0.15, -0.1) is 0 Å². The summed E-state index contributed by atoms with van der Waals surface area (Å²) in [4.78, 5) is 53.2. The van der Waals surface area contributed by atoms with Gasteiger partial charge in [-0.25, -0.2) is 5.43 Å². The summed E-state index contributed by atoms with van der Waals surface area (Å²) in [7, 11) is 0. The van der Waals surface area contributed by atoms with Gasteiger partial charge in [0.25, 0.3) is 5.91 Å². The number of hydrogen-bond donors (Lipinski definition) is 4. The van der Waals surface area contributed by atoms with E-state index in [1.807, 2.05) is 52.8 Å². The van der Waals surface area contributed by atoms with Crippen molar-refractivity contribution in [3.05, 3.63) is 41.5 Å². The highest BCUT2D eigenvalue weighted by Gasteiger charge is 2.39. The average Bonchev–Trinajstić information content (AvgIpc) is 2.92. The van der Waals surface area contributed by atoms with Gasteiger partial charge in [0.05, 0.1) is 6.04 Å². The number of benzene rings is 1. The van der Waals surface area contributed by atoms with Gasteiger partial charge in [0.1, 0.15) is 17.6 Å². The van der Waals surface area contributed by atoms with E-state index in [-0.39, 0.29) is 41.5 Å². The standard InChI is InChI=1S/C31H47N5O4/c1-19(2)26-29(39)34-31(6,7)30(40)36-17-11-16-25(35-36)28(38)32-22(5)24-15-10-14-23(18-24)13-9-8-12-20(3)21(4)27(37)33-26/h9-10,13-15,18-22,25-26,35H,8,11-12,16-17H2,1-7H3,(H,32,38)(H,33,37)(H,34,39)/b13-9+/t20?,21-,22-,25+,26+/m1/s1. The van der Waals surface area contributed by atoms with E-state index in [2.05, 4.69) is 39.6 Å². The van der Waals surface area contributed by atoms with Crippen molar-refractivity contribution < 1.29 is 19.2 Å². The summed E-state index contributed by atoms with van der Waals surface area (Å²) in [5.74, 6) is -1.46. The summed E-state index contributed by atoms with van der Waals surface area (Å²) >= 11 is 0. The minimum atomic E-state index is -1.25. The highest BCUT2D eigenvalue weighted by atomic mass is 16.2. The molecule has 0 aromatic heterocycles. The van der Waals surface area contributed by atoms with Gasteiger partial charge >= 0.3 is 0 Å². The van der Waals surface area contributed by atoms with Crippen LogP contribution in [0, 0.1) is 17.8 Å². The van der Waals surface area contributed by atoms with E-state index < -0.39 is 23.5 Å². The number of carbonyl (C=O) groups is 4. The van der Waals surface area contributed by atoms with Crippen LogP contribution in [0.1, 0.15) is 91.3 Å². The number of rotatable bonds is 1. The Labute approximate surface area is 238 Å². The molecule has 1 unspecified atom stereocenters. The van der Waals surface area contributed by atoms with Gasteiger partial charge in [-0.2, -0.15) is 0 Å². The zero-order valence-corrected chi connectivity index (χ0v) is 25.0. The second-order valence-corrected chi connectivity index (χ2v) is 12.3. The number of hydrogen-bond acceptors (Lipinski definition) is 5. The molecule has 9 heteroatoms. The van der Waals surface area contributed by atoms with Crippen LogP contribution in [0.2, 0.25) is 0 Å². The number of fused-ring (bicyclic) bond motifs is 4. The third kappa shape index (κ3) is 7.93. The Morgan fingerprint density at radius 3 is 2.38 bits per heavy atom. The largest absolute Gasteiger partial charge is 0.348 e. The summed E-state index contributed by atoms with van der Waals surface area (Å²) in [5.41, 5.74) is 3.86. The fourth-order valence-corrected chi connectivity index (χ4v) is 5.13. The summed E-state index contributed by atoms with van der Waals surface area (Å²) in [5, 5.41) is 10.3. The van der Waals surface area contributed by atoms with Crippen LogP contribution in [0.25, 0.3) is 6.08 Å². The minimum absolute atomic E-state index is 0.107. The van der Waals surface area contributed by atoms with E-state index in [0.717, 1.165) is 24.0 Å². The third-order valence-corrected chi connectivity index (χ3v) is 8.10. The van der Waals surface area contributed by atoms with Gasteiger partial charge in [0, 0.05) is 12.5 Å². The molecule has 0 radical (unpaired) electrons. The van der Waals surface area contributed by atoms with Crippen LogP contribution in [-0.2, 0) is 19.2 Å². The number of amides is 4. The lowest BCUT2D eigenvalue weighted by atomic mass is 9.89. The first kappa shape index (κ1) is 31.3. The van der Waals surface area contributed by atoms with E-state index in [1.54, 1.807) is 13.8 Å². The molecule has 4 bridgehead atoms. The van der Waals surface area contributed by atoms with E-state index >= 15 is 0 Å². The molecule has 0 saturated carbocycles. The number of allylic oxidation sites excluding steroid dienone is 1.